The van der Waals surface area contributed by atoms with Crippen LogP contribution in [0.5, 0.6) is 0 Å². The lowest BCUT2D eigenvalue weighted by atomic mass is 9.78. The van der Waals surface area contributed by atoms with Crippen LogP contribution >= 0.6 is 23.2 Å². The molecule has 105 heavy (non-hydrogen) atoms. The number of amides is 12. The average Bonchev–Trinajstić information content (AvgIpc) is 1.71. The van der Waals surface area contributed by atoms with Crippen molar-refractivity contribution in [2.45, 2.75) is 286 Å². The van der Waals surface area contributed by atoms with E-state index in [-0.39, 0.29) is 100 Å². The Morgan fingerprint density at radius 3 is 1.70 bits per heavy atom. The summed E-state index contributed by atoms with van der Waals surface area (Å²) in [5.41, 5.74) is -1.63. The fourth-order valence-corrected chi connectivity index (χ4v) is 17.5. The highest BCUT2D eigenvalue weighted by Crippen LogP contribution is 2.44. The molecule has 0 aromatic carbocycles. The predicted octanol–water partition coefficient (Wildman–Crippen LogP) is 7.83. The van der Waals surface area contributed by atoms with E-state index in [1.165, 1.54) is 110 Å². The zero-order valence-electron chi connectivity index (χ0n) is 65.7. The van der Waals surface area contributed by atoms with E-state index in [2.05, 4.69) is 22.9 Å². The smallest absolute Gasteiger partial charge is 0.347 e. The summed E-state index contributed by atoms with van der Waals surface area (Å²) in [6, 6.07) is -11.2. The fraction of sp³-hybridized carbons (Fsp3) is 0.842. The van der Waals surface area contributed by atoms with Crippen LogP contribution in [0.4, 0.5) is 13.2 Å². The number of nitrogens with one attached hydrogen (secondary N) is 3. The molecule has 3 N–H and O–H groups in total. The SMILES string of the molecule is CC[C@H](C)[C@@H]1NC(=O)[C@H](CC(C)C)N(C)C(=O)C[C@@H](C(=O)N(C)C)N(C)C(=O)[C@H]([C@@H](C)CC)N(C)C(=O)C2(CCCC2)NC(=O)[C@H](CC2CCC(Cl)CC2)N(C)C(=O)[C@H](CCC2CCC(C(F)(F)F)C(Cl)C2)NC(=O)CN(C)C(=O)[C@H](CC2CCC(C)CC2)N(C)C(=O)[C@@H]2CCN2C(=O)[C@H](C)N(C)C1=O. The number of alkyl halides is 5. The topological polar surface area (TPSA) is 270 Å². The Bertz CT molecular complexity index is 3050. The van der Waals surface area contributed by atoms with Crippen LogP contribution < -0.4 is 16.0 Å². The molecule has 24 nitrogen and oxygen atoms in total. The molecule has 14 atom stereocenters. The maximum atomic E-state index is 15.8. The predicted molar refractivity (Wildman–Crippen MR) is 395 cm³/mol. The van der Waals surface area contributed by atoms with Crippen LogP contribution in [0.25, 0.3) is 0 Å². The molecule has 3 unspecified atom stereocenters. The van der Waals surface area contributed by atoms with Crippen molar-refractivity contribution in [1.29, 1.82) is 0 Å². The van der Waals surface area contributed by atoms with Gasteiger partial charge in [0, 0.05) is 80.7 Å². The van der Waals surface area contributed by atoms with Crippen LogP contribution in [0.2, 0.25) is 0 Å². The second-order valence-corrected chi connectivity index (χ2v) is 34.0. The van der Waals surface area contributed by atoms with Crippen LogP contribution in [0, 0.1) is 47.3 Å². The zero-order chi connectivity index (χ0) is 78.6. The van der Waals surface area contributed by atoms with Gasteiger partial charge in [0.1, 0.15) is 59.9 Å². The van der Waals surface area contributed by atoms with Crippen LogP contribution in [0.3, 0.4) is 0 Å². The number of halogens is 5. The molecule has 2 heterocycles. The van der Waals surface area contributed by atoms with Gasteiger partial charge < -0.3 is 60.0 Å². The molecule has 29 heteroatoms. The number of likely N-dealkylation sites (N-methyl/N-ethyl adjacent to an activating group) is 8. The standard InChI is InChI=1S/C76H125Cl2F3N12O12/c1-18-46(6)63-72(103)87(12)48(8)67(98)93-37-34-56(93)71(102)90(15)59(41-50-24-22-45(5)23-25-50)70(101)86(11)43-61(94)82-55(33-29-49-28-32-53(54(78)39-49)76(79,80)81)68(99)89(14)58(40-51-26-30-52(77)31-27-51)66(97)84-75(35-20-21-36-75)74(105)92(17)64(47(7)19-2)73(104)91(16)60(69(100)85(9)10)42-62(95)88(13)57(38-44(3)4)65(96)83-63/h44-60,63-64H,18-43H2,1-17H3,(H,82,94)(H,83,96)(H,84,97)/t45?,46-,47-,48-,49?,50?,51?,52?,53?,54?,55-,56-,57-,58-,59-,60-,63-,64-/m0/s1. The maximum Gasteiger partial charge on any atom is 0.393 e. The van der Waals surface area contributed by atoms with Crippen LogP contribution in [0.15, 0.2) is 0 Å². The first-order valence-electron chi connectivity index (χ1n) is 38.7. The first kappa shape index (κ1) is 87.9. The van der Waals surface area contributed by atoms with Crippen LogP contribution in [-0.2, 0) is 57.5 Å². The molecule has 4 aliphatic carbocycles. The van der Waals surface area contributed by atoms with E-state index in [1.54, 1.807) is 13.8 Å². The van der Waals surface area contributed by atoms with Gasteiger partial charge in [0.15, 0.2) is 0 Å². The van der Waals surface area contributed by atoms with Crippen molar-refractivity contribution < 1.29 is 70.7 Å². The van der Waals surface area contributed by atoms with Gasteiger partial charge in [-0.2, -0.15) is 13.2 Å². The van der Waals surface area contributed by atoms with Crippen molar-refractivity contribution in [2.24, 2.45) is 47.3 Å². The summed E-state index contributed by atoms with van der Waals surface area (Å²) in [5.74, 6) is -10.9. The van der Waals surface area contributed by atoms with Crippen LogP contribution in [-0.4, -0.2) is 268 Å². The summed E-state index contributed by atoms with van der Waals surface area (Å²) in [7, 11) is 13.0. The van der Waals surface area contributed by atoms with Gasteiger partial charge in [-0.05, 0) is 145 Å². The van der Waals surface area contributed by atoms with Gasteiger partial charge in [0.25, 0.3) is 0 Å². The first-order valence-corrected chi connectivity index (χ1v) is 39.6. The Balaban J connectivity index is 1.47. The molecule has 596 valence electrons. The lowest BCUT2D eigenvalue weighted by molar-refractivity contribution is -0.182. The summed E-state index contributed by atoms with van der Waals surface area (Å²) in [6.07, 6.45) is 3.24. The normalized spacial score (nSPS) is 32.4. The van der Waals surface area contributed by atoms with E-state index >= 15 is 24.0 Å². The lowest BCUT2D eigenvalue weighted by Gasteiger charge is -2.45. The third-order valence-electron chi connectivity index (χ3n) is 24.6. The molecule has 6 fully saturated rings. The summed E-state index contributed by atoms with van der Waals surface area (Å²) >= 11 is 13.1. The summed E-state index contributed by atoms with van der Waals surface area (Å²) in [6.45, 7) is 14.2. The number of hydrogen-bond donors (Lipinski definition) is 3. The minimum atomic E-state index is -4.53. The molecule has 6 aliphatic rings. The second kappa shape index (κ2) is 38.4. The van der Waals surface area contributed by atoms with Crippen molar-refractivity contribution in [3.05, 3.63) is 0 Å². The van der Waals surface area contributed by atoms with E-state index in [0.29, 0.717) is 57.3 Å². The van der Waals surface area contributed by atoms with Gasteiger partial charge in [-0.15, -0.1) is 23.2 Å². The quantitative estimate of drug-likeness (QED) is 0.141. The third kappa shape index (κ3) is 21.9. The first-order chi connectivity index (χ1) is 49.1. The molecule has 0 radical (unpaired) electrons. The van der Waals surface area contributed by atoms with E-state index in [0.717, 1.165) is 30.6 Å². The number of carbonyl (C=O) groups is 12. The molecule has 12 amide bonds. The molecule has 4 saturated carbocycles. The Hall–Kier alpha value is -5.99. The maximum absolute atomic E-state index is 15.8. The second-order valence-electron chi connectivity index (χ2n) is 32.8. The van der Waals surface area contributed by atoms with E-state index in [4.69, 9.17) is 23.2 Å². The molecule has 2 saturated heterocycles. The van der Waals surface area contributed by atoms with Gasteiger partial charge in [-0.3, -0.25) is 57.5 Å². The Kier molecular flexibility index (Phi) is 32.1. The summed E-state index contributed by atoms with van der Waals surface area (Å²) in [5, 5.41) is 7.56. The van der Waals surface area contributed by atoms with E-state index in [9.17, 15) is 46.7 Å². The number of rotatable bonds is 14. The van der Waals surface area contributed by atoms with Crippen molar-refractivity contribution in [3.8, 4) is 0 Å². The van der Waals surface area contributed by atoms with E-state index in [1.807, 2.05) is 27.7 Å². The molecule has 2 aliphatic heterocycles. The highest BCUT2D eigenvalue weighted by atomic mass is 35.5. The minimum absolute atomic E-state index is 0.00535. The van der Waals surface area contributed by atoms with E-state index < -0.39 is 179 Å². The van der Waals surface area contributed by atoms with Gasteiger partial charge >= 0.3 is 6.18 Å². The average molecular weight is 1530 g/mol. The molecule has 0 aromatic rings. The van der Waals surface area contributed by atoms with Crippen molar-refractivity contribution in [3.63, 3.8) is 0 Å². The Labute approximate surface area is 632 Å². The zero-order valence-corrected chi connectivity index (χ0v) is 67.2. The Morgan fingerprint density at radius 2 is 1.16 bits per heavy atom. The van der Waals surface area contributed by atoms with Gasteiger partial charge in [-0.25, -0.2) is 0 Å². The fourth-order valence-electron chi connectivity index (χ4n) is 16.7. The number of fused-ring (bicyclic) bond motifs is 1. The summed E-state index contributed by atoms with van der Waals surface area (Å²) < 4.78 is 42.4. The van der Waals surface area contributed by atoms with Crippen LogP contribution in [0.1, 0.15) is 209 Å². The van der Waals surface area contributed by atoms with Crippen molar-refractivity contribution in [2.75, 3.05) is 76.5 Å². The molecule has 0 aromatic heterocycles. The highest BCUT2D eigenvalue weighted by Gasteiger charge is 2.52. The monoisotopic (exact) mass is 1520 g/mol. The number of hydrogen-bond acceptors (Lipinski definition) is 12. The molecule has 0 bridgehead atoms. The molecular formula is C76H125Cl2F3N12O12. The highest BCUT2D eigenvalue weighted by molar-refractivity contribution is 6.21. The third-order valence-corrected chi connectivity index (χ3v) is 25.5. The molecule has 6 rings (SSSR count). The summed E-state index contributed by atoms with van der Waals surface area (Å²) in [4.78, 5) is 193. The minimum Gasteiger partial charge on any atom is -0.347 e. The Morgan fingerprint density at radius 1 is 0.600 bits per heavy atom. The largest absolute Gasteiger partial charge is 0.393 e. The van der Waals surface area contributed by atoms with Crippen molar-refractivity contribution >= 4 is 94.1 Å². The lowest BCUT2D eigenvalue weighted by Crippen LogP contribution is -2.65. The molecular weight excluding hydrogens is 1400 g/mol. The number of nitrogens with zero attached hydrogens (tertiary/aromatic N) is 9. The van der Waals surface area contributed by atoms with Gasteiger partial charge in [-0.1, -0.05) is 99.8 Å². The van der Waals surface area contributed by atoms with Crippen molar-refractivity contribution in [1.82, 2.24) is 60.0 Å². The van der Waals surface area contributed by atoms with Gasteiger partial charge in [0.2, 0.25) is 70.9 Å². The van der Waals surface area contributed by atoms with Gasteiger partial charge in [0.05, 0.1) is 18.9 Å². The number of carbonyl (C=O) groups excluding carboxylic acids is 12. The molecule has 1 spiro atoms.